The summed E-state index contributed by atoms with van der Waals surface area (Å²) in [4.78, 5) is 5.77. The van der Waals surface area contributed by atoms with Crippen LogP contribution in [0.3, 0.4) is 0 Å². The molecule has 0 aliphatic carbocycles. The zero-order chi connectivity index (χ0) is 12.8. The Hall–Kier alpha value is -0.450. The van der Waals surface area contributed by atoms with Gasteiger partial charge in [-0.2, -0.15) is 0 Å². The van der Waals surface area contributed by atoms with Crippen molar-refractivity contribution in [3.8, 4) is 0 Å². The topological polar surface area (TPSA) is 34.2 Å². The first kappa shape index (κ1) is 14.0. The SMILES string of the molecule is CCCNCC1(Cc2cnc(C)s2)CCCOC1. The lowest BCUT2D eigenvalue weighted by Crippen LogP contribution is -2.42. The number of hydrogen-bond donors (Lipinski definition) is 1. The van der Waals surface area contributed by atoms with Crippen LogP contribution in [0.15, 0.2) is 6.20 Å². The monoisotopic (exact) mass is 268 g/mol. The maximum Gasteiger partial charge on any atom is 0.0896 e. The molecule has 0 radical (unpaired) electrons. The quantitative estimate of drug-likeness (QED) is 0.806. The van der Waals surface area contributed by atoms with Crippen molar-refractivity contribution < 1.29 is 4.74 Å². The normalized spacial score (nSPS) is 24.3. The Balaban J connectivity index is 1.99. The Kier molecular flexibility index (Phi) is 5.15. The molecule has 18 heavy (non-hydrogen) atoms. The lowest BCUT2D eigenvalue weighted by molar-refractivity contribution is -0.00667. The highest BCUT2D eigenvalue weighted by molar-refractivity contribution is 7.11. The first-order valence-corrected chi connectivity index (χ1v) is 7.75. The molecule has 0 aromatic carbocycles. The highest BCUT2D eigenvalue weighted by Gasteiger charge is 2.33. The molecule has 2 heterocycles. The Morgan fingerprint density at radius 1 is 1.56 bits per heavy atom. The number of hydrogen-bond acceptors (Lipinski definition) is 4. The van der Waals surface area contributed by atoms with Crippen molar-refractivity contribution >= 4 is 11.3 Å². The number of nitrogens with zero attached hydrogens (tertiary/aromatic N) is 1. The molecule has 102 valence electrons. The first-order chi connectivity index (χ1) is 8.74. The molecule has 1 aromatic heterocycles. The van der Waals surface area contributed by atoms with E-state index in [0.717, 1.165) is 32.7 Å². The van der Waals surface area contributed by atoms with E-state index >= 15 is 0 Å². The van der Waals surface area contributed by atoms with Crippen molar-refractivity contribution in [2.24, 2.45) is 5.41 Å². The Morgan fingerprint density at radius 3 is 3.06 bits per heavy atom. The van der Waals surface area contributed by atoms with Gasteiger partial charge in [0.1, 0.15) is 0 Å². The van der Waals surface area contributed by atoms with Crippen LogP contribution in [-0.2, 0) is 11.2 Å². The second-order valence-corrected chi connectivity index (χ2v) is 6.67. The van der Waals surface area contributed by atoms with Crippen molar-refractivity contribution in [3.63, 3.8) is 0 Å². The number of rotatable bonds is 6. The molecular weight excluding hydrogens is 244 g/mol. The van der Waals surface area contributed by atoms with Gasteiger partial charge in [0.25, 0.3) is 0 Å². The number of aryl methyl sites for hydroxylation is 1. The molecule has 2 rings (SSSR count). The number of ether oxygens (including phenoxy) is 1. The summed E-state index contributed by atoms with van der Waals surface area (Å²) in [6, 6.07) is 0. The molecule has 0 spiro atoms. The van der Waals surface area contributed by atoms with Crippen LogP contribution in [0.5, 0.6) is 0 Å². The van der Waals surface area contributed by atoms with Gasteiger partial charge in [0.2, 0.25) is 0 Å². The maximum atomic E-state index is 5.74. The molecule has 0 bridgehead atoms. The molecule has 1 fully saturated rings. The van der Waals surface area contributed by atoms with E-state index in [0.29, 0.717) is 0 Å². The summed E-state index contributed by atoms with van der Waals surface area (Å²) in [6.45, 7) is 8.27. The van der Waals surface area contributed by atoms with E-state index in [1.165, 1.54) is 29.1 Å². The minimum Gasteiger partial charge on any atom is -0.381 e. The zero-order valence-corrected chi connectivity index (χ0v) is 12.3. The lowest BCUT2D eigenvalue weighted by Gasteiger charge is -2.37. The van der Waals surface area contributed by atoms with Gasteiger partial charge in [-0.25, -0.2) is 4.98 Å². The predicted octanol–water partition coefficient (Wildman–Crippen LogP) is 2.79. The summed E-state index contributed by atoms with van der Waals surface area (Å²) < 4.78 is 5.74. The van der Waals surface area contributed by atoms with Gasteiger partial charge >= 0.3 is 0 Å². The number of nitrogens with one attached hydrogen (secondary N) is 1. The molecule has 1 atom stereocenters. The third kappa shape index (κ3) is 3.77. The molecule has 1 unspecified atom stereocenters. The number of aromatic nitrogens is 1. The molecule has 1 N–H and O–H groups in total. The van der Waals surface area contributed by atoms with E-state index < -0.39 is 0 Å². The van der Waals surface area contributed by atoms with Gasteiger partial charge in [-0.1, -0.05) is 6.92 Å². The van der Waals surface area contributed by atoms with E-state index in [2.05, 4.69) is 24.1 Å². The van der Waals surface area contributed by atoms with Crippen LogP contribution in [0, 0.1) is 12.3 Å². The molecular formula is C14H24N2OS. The lowest BCUT2D eigenvalue weighted by atomic mass is 9.79. The fourth-order valence-electron chi connectivity index (χ4n) is 2.64. The summed E-state index contributed by atoms with van der Waals surface area (Å²) in [7, 11) is 0. The smallest absolute Gasteiger partial charge is 0.0896 e. The molecule has 1 aliphatic heterocycles. The Bertz CT molecular complexity index is 358. The third-order valence-corrected chi connectivity index (χ3v) is 4.46. The van der Waals surface area contributed by atoms with E-state index in [1.54, 1.807) is 0 Å². The van der Waals surface area contributed by atoms with E-state index in [-0.39, 0.29) is 5.41 Å². The predicted molar refractivity (Wildman–Crippen MR) is 76.2 cm³/mol. The molecule has 0 saturated carbocycles. The minimum absolute atomic E-state index is 0.284. The average Bonchev–Trinajstić information content (AvgIpc) is 2.76. The van der Waals surface area contributed by atoms with E-state index in [4.69, 9.17) is 4.74 Å². The fraction of sp³-hybridized carbons (Fsp3) is 0.786. The van der Waals surface area contributed by atoms with Crippen molar-refractivity contribution in [2.75, 3.05) is 26.3 Å². The van der Waals surface area contributed by atoms with Gasteiger partial charge in [-0.15, -0.1) is 11.3 Å². The van der Waals surface area contributed by atoms with Gasteiger partial charge in [0, 0.05) is 29.6 Å². The molecule has 1 aromatic rings. The largest absolute Gasteiger partial charge is 0.381 e. The standard InChI is InChI=1S/C14H24N2OS/c1-3-6-15-10-14(5-4-7-17-11-14)8-13-9-16-12(2)18-13/h9,15H,3-8,10-11H2,1-2H3. The first-order valence-electron chi connectivity index (χ1n) is 6.94. The van der Waals surface area contributed by atoms with Crippen LogP contribution >= 0.6 is 11.3 Å². The van der Waals surface area contributed by atoms with Gasteiger partial charge in [0.15, 0.2) is 0 Å². The molecule has 4 heteroatoms. The summed E-state index contributed by atoms with van der Waals surface area (Å²) in [5.41, 5.74) is 0.284. The molecule has 1 saturated heterocycles. The second kappa shape index (κ2) is 6.64. The summed E-state index contributed by atoms with van der Waals surface area (Å²) in [6.07, 6.45) is 6.79. The van der Waals surface area contributed by atoms with Crippen molar-refractivity contribution in [1.29, 1.82) is 0 Å². The third-order valence-electron chi connectivity index (χ3n) is 3.55. The Labute approximate surface area is 114 Å². The minimum atomic E-state index is 0.284. The highest BCUT2D eigenvalue weighted by Crippen LogP contribution is 2.33. The van der Waals surface area contributed by atoms with Gasteiger partial charge in [-0.05, 0) is 39.2 Å². The van der Waals surface area contributed by atoms with Crippen molar-refractivity contribution in [2.45, 2.75) is 39.5 Å². The molecule has 0 amide bonds. The van der Waals surface area contributed by atoms with Crippen LogP contribution in [0.2, 0.25) is 0 Å². The zero-order valence-electron chi connectivity index (χ0n) is 11.5. The highest BCUT2D eigenvalue weighted by atomic mass is 32.1. The Morgan fingerprint density at radius 2 is 2.44 bits per heavy atom. The average molecular weight is 268 g/mol. The van der Waals surface area contributed by atoms with Crippen LogP contribution in [0.25, 0.3) is 0 Å². The van der Waals surface area contributed by atoms with Gasteiger partial charge in [0.05, 0.1) is 11.6 Å². The number of thiazole rings is 1. The van der Waals surface area contributed by atoms with Crippen LogP contribution in [0.1, 0.15) is 36.1 Å². The van der Waals surface area contributed by atoms with E-state index in [1.807, 2.05) is 17.5 Å². The molecule has 1 aliphatic rings. The van der Waals surface area contributed by atoms with Crippen molar-refractivity contribution in [3.05, 3.63) is 16.1 Å². The van der Waals surface area contributed by atoms with Crippen molar-refractivity contribution in [1.82, 2.24) is 10.3 Å². The van der Waals surface area contributed by atoms with Crippen LogP contribution in [0.4, 0.5) is 0 Å². The molecule has 3 nitrogen and oxygen atoms in total. The second-order valence-electron chi connectivity index (χ2n) is 5.36. The maximum absolute atomic E-state index is 5.74. The van der Waals surface area contributed by atoms with Crippen LogP contribution in [-0.4, -0.2) is 31.3 Å². The summed E-state index contributed by atoms with van der Waals surface area (Å²) in [5, 5.41) is 4.74. The van der Waals surface area contributed by atoms with Gasteiger partial charge < -0.3 is 10.1 Å². The van der Waals surface area contributed by atoms with Gasteiger partial charge in [-0.3, -0.25) is 0 Å². The summed E-state index contributed by atoms with van der Waals surface area (Å²) in [5.74, 6) is 0. The van der Waals surface area contributed by atoms with Crippen LogP contribution < -0.4 is 5.32 Å². The fourth-order valence-corrected chi connectivity index (χ4v) is 3.61. The van der Waals surface area contributed by atoms with E-state index in [9.17, 15) is 0 Å². The summed E-state index contributed by atoms with van der Waals surface area (Å²) >= 11 is 1.82.